The number of pyridine rings is 1. The van der Waals surface area contributed by atoms with Gasteiger partial charge < -0.3 is 41.2 Å². The summed E-state index contributed by atoms with van der Waals surface area (Å²) in [5, 5.41) is 18.4. The average Bonchev–Trinajstić information content (AvgIpc) is 3.66. The molecule has 7 N–H and O–H groups in total. The number of aliphatic hydroxyl groups is 1. The fraction of sp³-hybridized carbons (Fsp3) is 0.509. The second kappa shape index (κ2) is 26.4. The molecule has 4 amide bonds. The van der Waals surface area contributed by atoms with E-state index in [4.69, 9.17) is 5.73 Å². The summed E-state index contributed by atoms with van der Waals surface area (Å²) in [6, 6.07) is 5.47. The highest BCUT2D eigenvalue weighted by Gasteiger charge is 2.57. The molecule has 0 aliphatic carbocycles. The Bertz CT molecular complexity index is 2750. The number of aromatic nitrogens is 1. The minimum Gasteiger partial charge on any atom is -0.453 e. The van der Waals surface area contributed by atoms with Crippen LogP contribution in [-0.4, -0.2) is 145 Å². The van der Waals surface area contributed by atoms with E-state index in [1.165, 1.54) is 24.3 Å². The molecule has 2 aliphatic rings. The number of halogens is 10. The number of carbonyl (C=O) groups is 4. The number of amides is 4. The first-order chi connectivity index (χ1) is 37.3. The number of benzene rings is 2. The molecule has 6 atom stereocenters. The Kier molecular flexibility index (Phi) is 21.0. The van der Waals surface area contributed by atoms with E-state index in [1.807, 2.05) is 22.9 Å². The first-order valence-electron chi connectivity index (χ1n) is 25.0. The molecular formula is C53H64F10N10O7. The van der Waals surface area contributed by atoms with Crippen molar-refractivity contribution in [1.29, 1.82) is 0 Å². The quantitative estimate of drug-likeness (QED) is 0.0223. The van der Waals surface area contributed by atoms with Crippen LogP contribution in [0.1, 0.15) is 82.2 Å². The van der Waals surface area contributed by atoms with Crippen molar-refractivity contribution in [2.75, 3.05) is 38.8 Å². The number of anilines is 1. The second-order valence-corrected chi connectivity index (χ2v) is 20.6. The molecule has 438 valence electrons. The molecule has 1 aromatic heterocycles. The number of fused-ring (bicyclic) bond motifs is 2. The van der Waals surface area contributed by atoms with Crippen LogP contribution in [-0.2, 0) is 32.0 Å². The molecule has 2 bridgehead atoms. The Hall–Kier alpha value is -7.18. The molecule has 3 heterocycles. The summed E-state index contributed by atoms with van der Waals surface area (Å²) < 4.78 is 154. The van der Waals surface area contributed by atoms with Crippen molar-refractivity contribution in [3.8, 4) is 11.8 Å². The molecule has 2 saturated heterocycles. The lowest BCUT2D eigenvalue weighted by Crippen LogP contribution is -2.63. The van der Waals surface area contributed by atoms with E-state index in [9.17, 15) is 59.4 Å². The summed E-state index contributed by atoms with van der Waals surface area (Å²) in [6.07, 6.45) is -11.0. The lowest BCUT2D eigenvalue weighted by atomic mass is 9.82. The number of aliphatic imine (C=N–C) groups is 1. The predicted molar refractivity (Wildman–Crippen MR) is 274 cm³/mol. The zero-order valence-electron chi connectivity index (χ0n) is 44.9. The number of piperazine rings is 1. The number of alkyl halides is 8. The van der Waals surface area contributed by atoms with Gasteiger partial charge >= 0.3 is 31.1 Å². The molecule has 5 rings (SSSR count). The number of alkyl carbamates (subject to hydrolysis) is 2. The van der Waals surface area contributed by atoms with Crippen LogP contribution in [0.5, 0.6) is 0 Å². The van der Waals surface area contributed by atoms with Gasteiger partial charge in [-0.25, -0.2) is 33.4 Å². The summed E-state index contributed by atoms with van der Waals surface area (Å²) in [7, 11) is 1.59. The fourth-order valence-corrected chi connectivity index (χ4v) is 9.30. The third-order valence-corrected chi connectivity index (χ3v) is 14.1. The number of carbonyl (C=O) groups excluding carboxylic acids is 4. The average molecular weight is 1140 g/mol. The number of nitrogens with two attached hydrogens (primary N) is 1. The Balaban J connectivity index is 1.52. The molecule has 3 aromatic rings. The third-order valence-electron chi connectivity index (χ3n) is 14.1. The van der Waals surface area contributed by atoms with Crippen LogP contribution in [0.15, 0.2) is 65.9 Å². The van der Waals surface area contributed by atoms with Crippen molar-refractivity contribution >= 4 is 41.6 Å². The molecule has 2 fully saturated rings. The van der Waals surface area contributed by atoms with Crippen LogP contribution in [0.2, 0.25) is 0 Å². The van der Waals surface area contributed by atoms with Gasteiger partial charge in [0.05, 0.1) is 37.2 Å². The van der Waals surface area contributed by atoms with Crippen molar-refractivity contribution < 1.29 is 77.7 Å². The van der Waals surface area contributed by atoms with E-state index in [0.29, 0.717) is 86.5 Å². The van der Waals surface area contributed by atoms with Crippen LogP contribution < -0.4 is 32.0 Å². The summed E-state index contributed by atoms with van der Waals surface area (Å²) >= 11 is 0. The van der Waals surface area contributed by atoms with Gasteiger partial charge in [0.25, 0.3) is 5.91 Å². The molecule has 2 aliphatic heterocycles. The van der Waals surface area contributed by atoms with Crippen LogP contribution >= 0.6 is 0 Å². The van der Waals surface area contributed by atoms with Crippen molar-refractivity contribution in [2.24, 2.45) is 21.6 Å². The number of hydrazine groups is 1. The fourth-order valence-electron chi connectivity index (χ4n) is 9.30. The zero-order valence-corrected chi connectivity index (χ0v) is 44.9. The van der Waals surface area contributed by atoms with Crippen LogP contribution in [0.25, 0.3) is 5.57 Å². The minimum absolute atomic E-state index is 0.265. The summed E-state index contributed by atoms with van der Waals surface area (Å²) in [4.78, 5) is 65.1. The molecular weight excluding hydrogens is 1080 g/mol. The Morgan fingerprint density at radius 2 is 1.34 bits per heavy atom. The highest BCUT2D eigenvalue weighted by atomic mass is 19.4. The van der Waals surface area contributed by atoms with Crippen molar-refractivity contribution in [2.45, 2.75) is 129 Å². The van der Waals surface area contributed by atoms with Crippen LogP contribution in [0.3, 0.4) is 0 Å². The van der Waals surface area contributed by atoms with Gasteiger partial charge in [0.2, 0.25) is 5.91 Å². The standard InChI is InChI=1S/C53H64F10N10O7/c1-29(2)73-35-16-17-36(73)26-71(25-35)42-18-15-32(23-65-42)14-11-30-9-12-31(13-10-30)19-40(67-45(75)43(68-48(77)79-7)50(3,4)52(58,59)60)41(74)28-72(70-46(76)44(69-49(78)80-8)51(5,6)53(61,62)63)27-37-38(54)20-33(21-39(37)55)34(22-64)24-66-47(56)57/h9-10,12-13,15,18,20-24,29,35-36,40-41,43-44,47,74H,16-17,19,25-28,64H2,1-8H3,(H,67,75)(H,68,77)(H,69,78)(H,70,76)/t35?,36?,40-,41-,43+,44+/m0/s1. The lowest BCUT2D eigenvalue weighted by molar-refractivity contribution is -0.221. The van der Waals surface area contributed by atoms with E-state index in [2.05, 4.69) is 60.3 Å². The first-order valence-corrected chi connectivity index (χ1v) is 25.0. The SMILES string of the molecule is COC(=O)N[C@H](C(=O)N[C@@H](Cc1ccc(C#Cc2ccc(N3CC4CCC(C3)N4C(C)C)nc2)cc1)[C@@H](O)CN(Cc1c(F)cc(C(C=NC(F)F)=CN)cc1F)NC(=O)[C@@H](NC(=O)OC)C(C)(C)C(F)(F)F)C(C)(C)C(F)(F)F. The molecule has 2 aromatic carbocycles. The zero-order chi connectivity index (χ0) is 59.7. The van der Waals surface area contributed by atoms with Gasteiger partial charge in [-0.1, -0.05) is 24.0 Å². The van der Waals surface area contributed by atoms with Crippen molar-refractivity contribution in [3.63, 3.8) is 0 Å². The number of methoxy groups -OCH3 is 2. The topological polar surface area (TPSA) is 216 Å². The second-order valence-electron chi connectivity index (χ2n) is 20.6. The number of nitrogens with one attached hydrogen (secondary N) is 4. The van der Waals surface area contributed by atoms with Gasteiger partial charge in [-0.3, -0.25) is 19.9 Å². The number of nitrogens with zero attached hydrogens (tertiary/aromatic N) is 5. The van der Waals surface area contributed by atoms with Gasteiger partial charge in [-0.2, -0.15) is 35.1 Å². The lowest BCUT2D eigenvalue weighted by Gasteiger charge is -2.43. The number of allylic oxidation sites excluding steroid dienone is 1. The predicted octanol–water partition coefficient (Wildman–Crippen LogP) is 6.96. The number of aliphatic hydroxyl groups excluding tert-OH is 1. The smallest absolute Gasteiger partial charge is 0.407 e. The van der Waals surface area contributed by atoms with Crippen molar-refractivity contribution in [1.82, 2.24) is 36.3 Å². The van der Waals surface area contributed by atoms with Crippen LogP contribution in [0.4, 0.5) is 59.3 Å². The number of ether oxygens (including phenoxy) is 2. The number of rotatable bonds is 20. The van der Waals surface area contributed by atoms with Gasteiger partial charge in [0.1, 0.15) is 29.5 Å². The molecule has 0 spiro atoms. The highest BCUT2D eigenvalue weighted by molar-refractivity contribution is 6.09. The first kappa shape index (κ1) is 63.6. The van der Waals surface area contributed by atoms with Gasteiger partial charge in [-0.15, -0.1) is 0 Å². The molecule has 2 unspecified atom stereocenters. The molecule has 0 radical (unpaired) electrons. The Morgan fingerprint density at radius 1 is 0.825 bits per heavy atom. The molecule has 80 heavy (non-hydrogen) atoms. The Morgan fingerprint density at radius 3 is 1.80 bits per heavy atom. The summed E-state index contributed by atoms with van der Waals surface area (Å²) in [5.74, 6) is 0.671. The number of hydrogen-bond donors (Lipinski definition) is 6. The maximum absolute atomic E-state index is 16.0. The van der Waals surface area contributed by atoms with E-state index < -0.39 is 126 Å². The largest absolute Gasteiger partial charge is 0.453 e. The maximum atomic E-state index is 16.0. The molecule has 27 heteroatoms. The normalized spacial score (nSPS) is 17.9. The van der Waals surface area contributed by atoms with E-state index >= 15 is 8.78 Å². The highest BCUT2D eigenvalue weighted by Crippen LogP contribution is 2.42. The summed E-state index contributed by atoms with van der Waals surface area (Å²) in [6.45, 7) is 2.77. The third kappa shape index (κ3) is 15.8. The van der Waals surface area contributed by atoms with Crippen LogP contribution in [0, 0.1) is 34.3 Å². The van der Waals surface area contributed by atoms with E-state index in [0.717, 1.165) is 46.0 Å². The number of hydrogen-bond acceptors (Lipinski definition) is 13. The van der Waals surface area contributed by atoms with Crippen molar-refractivity contribution in [3.05, 3.63) is 100 Å². The van der Waals surface area contributed by atoms with Gasteiger partial charge in [0, 0.05) is 85.2 Å². The monoisotopic (exact) mass is 1140 g/mol. The van der Waals surface area contributed by atoms with E-state index in [-0.39, 0.29) is 5.56 Å². The minimum atomic E-state index is -5.24. The van der Waals surface area contributed by atoms with Gasteiger partial charge in [-0.05, 0) is 108 Å². The molecule has 17 nitrogen and oxygen atoms in total. The Labute approximate surface area is 455 Å². The van der Waals surface area contributed by atoms with Gasteiger partial charge in [0.15, 0.2) is 0 Å². The van der Waals surface area contributed by atoms with E-state index in [1.54, 1.807) is 11.5 Å². The summed E-state index contributed by atoms with van der Waals surface area (Å²) in [5.41, 5.74) is 0.839. The molecule has 0 saturated carbocycles. The maximum Gasteiger partial charge on any atom is 0.407 e.